The van der Waals surface area contributed by atoms with Crippen molar-refractivity contribution in [2.45, 2.75) is 6.54 Å². The zero-order chi connectivity index (χ0) is 20.7. The first-order valence-electron chi connectivity index (χ1n) is 9.25. The number of anilines is 1. The molecule has 9 nitrogen and oxygen atoms in total. The monoisotopic (exact) mass is 399 g/mol. The van der Waals surface area contributed by atoms with Crippen molar-refractivity contribution in [1.29, 1.82) is 0 Å². The van der Waals surface area contributed by atoms with E-state index in [4.69, 9.17) is 10.2 Å². The van der Waals surface area contributed by atoms with Gasteiger partial charge in [-0.05, 0) is 29.8 Å². The SMILES string of the molecule is CN(Cc1ccnc2ccccc12)C(=O)c1cc2nc(-c3ccco3)nn2c(N)n1. The maximum absolute atomic E-state index is 13.0. The van der Waals surface area contributed by atoms with Gasteiger partial charge in [-0.25, -0.2) is 9.97 Å². The number of hydrogen-bond acceptors (Lipinski definition) is 7. The van der Waals surface area contributed by atoms with Gasteiger partial charge < -0.3 is 15.1 Å². The molecule has 9 heteroatoms. The van der Waals surface area contributed by atoms with E-state index < -0.39 is 0 Å². The van der Waals surface area contributed by atoms with E-state index in [1.807, 2.05) is 30.3 Å². The number of aromatic nitrogens is 5. The molecule has 148 valence electrons. The summed E-state index contributed by atoms with van der Waals surface area (Å²) in [7, 11) is 1.72. The number of nitrogens with two attached hydrogens (primary N) is 1. The van der Waals surface area contributed by atoms with E-state index in [2.05, 4.69) is 20.1 Å². The Hall–Kier alpha value is -4.27. The number of nitrogens with zero attached hydrogens (tertiary/aromatic N) is 6. The van der Waals surface area contributed by atoms with Gasteiger partial charge in [0.25, 0.3) is 5.91 Å². The number of hydrogen-bond donors (Lipinski definition) is 1. The zero-order valence-corrected chi connectivity index (χ0v) is 16.1. The van der Waals surface area contributed by atoms with Crippen LogP contribution in [0.15, 0.2) is 65.4 Å². The summed E-state index contributed by atoms with van der Waals surface area (Å²) in [4.78, 5) is 27.6. The van der Waals surface area contributed by atoms with E-state index in [-0.39, 0.29) is 17.5 Å². The molecular formula is C21H17N7O2. The predicted octanol–water partition coefficient (Wildman–Crippen LogP) is 2.79. The largest absolute Gasteiger partial charge is 0.461 e. The number of fused-ring (bicyclic) bond motifs is 2. The molecule has 30 heavy (non-hydrogen) atoms. The summed E-state index contributed by atoms with van der Waals surface area (Å²) in [5.41, 5.74) is 8.52. The molecule has 0 saturated carbocycles. The number of amides is 1. The van der Waals surface area contributed by atoms with Crippen molar-refractivity contribution >= 4 is 28.4 Å². The summed E-state index contributed by atoms with van der Waals surface area (Å²) in [5, 5.41) is 5.30. The normalized spacial score (nSPS) is 11.2. The highest BCUT2D eigenvalue weighted by atomic mass is 16.3. The number of furan rings is 1. The fourth-order valence-electron chi connectivity index (χ4n) is 3.35. The third kappa shape index (κ3) is 3.02. The van der Waals surface area contributed by atoms with Crippen molar-refractivity contribution in [3.05, 3.63) is 72.2 Å². The van der Waals surface area contributed by atoms with E-state index in [1.54, 1.807) is 36.3 Å². The first-order valence-corrected chi connectivity index (χ1v) is 9.25. The number of benzene rings is 1. The average molecular weight is 399 g/mol. The number of rotatable bonds is 4. The van der Waals surface area contributed by atoms with E-state index in [9.17, 15) is 4.79 Å². The van der Waals surface area contributed by atoms with Gasteiger partial charge in [0, 0.05) is 31.2 Å². The van der Waals surface area contributed by atoms with Gasteiger partial charge in [-0.2, -0.15) is 4.52 Å². The smallest absolute Gasteiger partial charge is 0.272 e. The topological polar surface area (TPSA) is 115 Å². The van der Waals surface area contributed by atoms with Crippen LogP contribution in [0.25, 0.3) is 28.1 Å². The van der Waals surface area contributed by atoms with Crippen LogP contribution in [0.5, 0.6) is 0 Å². The van der Waals surface area contributed by atoms with Crippen molar-refractivity contribution < 1.29 is 9.21 Å². The average Bonchev–Trinajstić information content (AvgIpc) is 3.43. The number of pyridine rings is 1. The number of carbonyl (C=O) groups is 1. The molecule has 5 rings (SSSR count). The second-order valence-corrected chi connectivity index (χ2v) is 6.83. The van der Waals surface area contributed by atoms with Crippen molar-refractivity contribution in [2.75, 3.05) is 12.8 Å². The lowest BCUT2D eigenvalue weighted by atomic mass is 10.1. The Bertz CT molecular complexity index is 1370. The highest BCUT2D eigenvalue weighted by Crippen LogP contribution is 2.20. The molecular weight excluding hydrogens is 382 g/mol. The van der Waals surface area contributed by atoms with Crippen LogP contribution in [-0.4, -0.2) is 42.4 Å². The van der Waals surface area contributed by atoms with Crippen LogP contribution in [0.1, 0.15) is 16.1 Å². The molecule has 0 spiro atoms. The minimum absolute atomic E-state index is 0.0731. The summed E-state index contributed by atoms with van der Waals surface area (Å²) in [6, 6.07) is 14.8. The summed E-state index contributed by atoms with van der Waals surface area (Å²) < 4.78 is 6.71. The predicted molar refractivity (Wildman–Crippen MR) is 110 cm³/mol. The number of para-hydroxylation sites is 1. The second kappa shape index (κ2) is 6.96. The van der Waals surface area contributed by atoms with Gasteiger partial charge >= 0.3 is 0 Å². The second-order valence-electron chi connectivity index (χ2n) is 6.83. The van der Waals surface area contributed by atoms with Crippen molar-refractivity contribution in [2.24, 2.45) is 0 Å². The Morgan fingerprint density at radius 3 is 2.87 bits per heavy atom. The fourth-order valence-corrected chi connectivity index (χ4v) is 3.35. The zero-order valence-electron chi connectivity index (χ0n) is 16.1. The van der Waals surface area contributed by atoms with E-state index in [1.165, 1.54) is 10.8 Å². The van der Waals surface area contributed by atoms with Crippen LogP contribution in [0.4, 0.5) is 5.95 Å². The van der Waals surface area contributed by atoms with Crippen LogP contribution in [0.3, 0.4) is 0 Å². The molecule has 0 bridgehead atoms. The van der Waals surface area contributed by atoms with Gasteiger partial charge in [0.2, 0.25) is 11.8 Å². The van der Waals surface area contributed by atoms with Gasteiger partial charge in [0.15, 0.2) is 11.4 Å². The molecule has 1 amide bonds. The molecule has 2 N–H and O–H groups in total. The lowest BCUT2D eigenvalue weighted by Gasteiger charge is -2.18. The summed E-state index contributed by atoms with van der Waals surface area (Å²) in [5.74, 6) is 0.680. The van der Waals surface area contributed by atoms with Gasteiger partial charge in [0.1, 0.15) is 5.69 Å². The summed E-state index contributed by atoms with van der Waals surface area (Å²) >= 11 is 0. The quantitative estimate of drug-likeness (QED) is 0.494. The van der Waals surface area contributed by atoms with Gasteiger partial charge in [-0.1, -0.05) is 18.2 Å². The van der Waals surface area contributed by atoms with Gasteiger partial charge in [0.05, 0.1) is 11.8 Å². The minimum atomic E-state index is -0.271. The lowest BCUT2D eigenvalue weighted by Crippen LogP contribution is -2.27. The fraction of sp³-hybridized carbons (Fsp3) is 0.0952. The van der Waals surface area contributed by atoms with E-state index in [0.29, 0.717) is 23.8 Å². The van der Waals surface area contributed by atoms with Crippen molar-refractivity contribution in [3.63, 3.8) is 0 Å². The first-order chi connectivity index (χ1) is 14.6. The number of nitrogen functional groups attached to an aromatic ring is 1. The Morgan fingerprint density at radius 1 is 1.17 bits per heavy atom. The Balaban J connectivity index is 1.46. The van der Waals surface area contributed by atoms with Crippen LogP contribution < -0.4 is 5.73 Å². The standard InChI is InChI=1S/C21H17N7O2/c1-27(12-13-8-9-23-15-6-3-2-5-14(13)15)20(29)16-11-18-25-19(17-7-4-10-30-17)26-28(18)21(22)24-16/h2-11H,12H2,1H3,(H2,22,24). The highest BCUT2D eigenvalue weighted by molar-refractivity contribution is 5.93. The molecule has 0 atom stereocenters. The molecule has 0 aliphatic carbocycles. The molecule has 4 heterocycles. The van der Waals surface area contributed by atoms with Gasteiger partial charge in [-0.15, -0.1) is 5.10 Å². The summed E-state index contributed by atoms with van der Waals surface area (Å²) in [6.07, 6.45) is 3.28. The van der Waals surface area contributed by atoms with E-state index >= 15 is 0 Å². The maximum Gasteiger partial charge on any atom is 0.272 e. The van der Waals surface area contributed by atoms with Gasteiger partial charge in [-0.3, -0.25) is 9.78 Å². The Kier molecular flexibility index (Phi) is 4.13. The summed E-state index contributed by atoms with van der Waals surface area (Å²) in [6.45, 7) is 0.402. The third-order valence-electron chi connectivity index (χ3n) is 4.80. The molecule has 0 aliphatic heterocycles. The molecule has 0 saturated heterocycles. The highest BCUT2D eigenvalue weighted by Gasteiger charge is 2.19. The molecule has 0 aliphatic rings. The van der Waals surface area contributed by atoms with Crippen LogP contribution >= 0.6 is 0 Å². The molecule has 4 aromatic heterocycles. The number of carbonyl (C=O) groups excluding carboxylic acids is 1. The first kappa shape index (κ1) is 17.8. The Morgan fingerprint density at radius 2 is 2.03 bits per heavy atom. The maximum atomic E-state index is 13.0. The van der Waals surface area contributed by atoms with Crippen LogP contribution in [0.2, 0.25) is 0 Å². The molecule has 5 aromatic rings. The third-order valence-corrected chi connectivity index (χ3v) is 4.80. The van der Waals surface area contributed by atoms with Crippen molar-refractivity contribution in [1.82, 2.24) is 29.5 Å². The molecule has 0 unspecified atom stereocenters. The van der Waals surface area contributed by atoms with Crippen molar-refractivity contribution in [3.8, 4) is 11.6 Å². The van der Waals surface area contributed by atoms with E-state index in [0.717, 1.165) is 16.5 Å². The van der Waals surface area contributed by atoms with Crippen LogP contribution in [-0.2, 0) is 6.54 Å². The molecule has 0 radical (unpaired) electrons. The Labute approximate surface area is 170 Å². The minimum Gasteiger partial charge on any atom is -0.461 e. The van der Waals surface area contributed by atoms with Crippen LogP contribution in [0, 0.1) is 0 Å². The molecule has 0 fully saturated rings. The lowest BCUT2D eigenvalue weighted by molar-refractivity contribution is 0.0780. The molecule has 1 aromatic carbocycles.